The van der Waals surface area contributed by atoms with Gasteiger partial charge in [0, 0.05) is 6.42 Å². The number of hydrogen-bond acceptors (Lipinski definition) is 2. The fraction of sp³-hybridized carbons (Fsp3) is 0.533. The molecular formula is C15H21NO. The van der Waals surface area contributed by atoms with Gasteiger partial charge in [0.25, 0.3) is 0 Å². The molecule has 0 unspecified atom stereocenters. The van der Waals surface area contributed by atoms with Gasteiger partial charge in [-0.05, 0) is 48.9 Å². The summed E-state index contributed by atoms with van der Waals surface area (Å²) in [5, 5.41) is 8.41. The standard InChI is InChI=1S/C15H21NO/c1-12(2)15-8-7-14(11-13(15)3)17-10-6-4-5-9-16/h7-8,11-12H,4-6,10H2,1-3H3. The Kier molecular flexibility index (Phi) is 5.56. The Bertz CT molecular complexity index is 390. The summed E-state index contributed by atoms with van der Waals surface area (Å²) in [5.74, 6) is 1.49. The maximum atomic E-state index is 8.41. The van der Waals surface area contributed by atoms with Crippen LogP contribution < -0.4 is 4.74 Å². The normalized spacial score (nSPS) is 10.3. The summed E-state index contributed by atoms with van der Waals surface area (Å²) < 4.78 is 5.66. The summed E-state index contributed by atoms with van der Waals surface area (Å²) in [5.41, 5.74) is 2.66. The molecule has 17 heavy (non-hydrogen) atoms. The van der Waals surface area contributed by atoms with E-state index in [0.29, 0.717) is 18.9 Å². The highest BCUT2D eigenvalue weighted by Crippen LogP contribution is 2.23. The van der Waals surface area contributed by atoms with Crippen LogP contribution in [0.25, 0.3) is 0 Å². The van der Waals surface area contributed by atoms with E-state index in [-0.39, 0.29) is 0 Å². The lowest BCUT2D eigenvalue weighted by molar-refractivity contribution is 0.307. The zero-order valence-electron chi connectivity index (χ0n) is 11.0. The van der Waals surface area contributed by atoms with E-state index in [9.17, 15) is 0 Å². The van der Waals surface area contributed by atoms with E-state index in [0.717, 1.165) is 18.6 Å². The van der Waals surface area contributed by atoms with E-state index in [1.165, 1.54) is 11.1 Å². The van der Waals surface area contributed by atoms with Gasteiger partial charge in [-0.15, -0.1) is 0 Å². The largest absolute Gasteiger partial charge is 0.494 e. The van der Waals surface area contributed by atoms with Gasteiger partial charge in [0.1, 0.15) is 5.75 Å². The summed E-state index contributed by atoms with van der Waals surface area (Å²) in [6.07, 6.45) is 2.48. The molecule has 0 fully saturated rings. The van der Waals surface area contributed by atoms with Crippen molar-refractivity contribution in [3.8, 4) is 11.8 Å². The molecule has 0 aromatic heterocycles. The molecule has 92 valence electrons. The molecule has 0 atom stereocenters. The van der Waals surface area contributed by atoms with Crippen molar-refractivity contribution in [2.24, 2.45) is 0 Å². The van der Waals surface area contributed by atoms with E-state index in [1.807, 2.05) is 6.07 Å². The van der Waals surface area contributed by atoms with E-state index >= 15 is 0 Å². The number of nitrogens with zero attached hydrogens (tertiary/aromatic N) is 1. The van der Waals surface area contributed by atoms with E-state index in [1.54, 1.807) is 0 Å². The molecule has 0 amide bonds. The fourth-order valence-electron chi connectivity index (χ4n) is 1.88. The molecule has 0 aliphatic carbocycles. The van der Waals surface area contributed by atoms with Crippen molar-refractivity contribution >= 4 is 0 Å². The zero-order valence-corrected chi connectivity index (χ0v) is 11.0. The molecule has 0 saturated carbocycles. The van der Waals surface area contributed by atoms with Crippen LogP contribution in [0.15, 0.2) is 18.2 Å². The van der Waals surface area contributed by atoms with Gasteiger partial charge < -0.3 is 4.74 Å². The molecule has 0 heterocycles. The molecule has 1 aromatic carbocycles. The van der Waals surface area contributed by atoms with Crippen molar-refractivity contribution in [1.82, 2.24) is 0 Å². The highest BCUT2D eigenvalue weighted by Gasteiger charge is 2.04. The maximum Gasteiger partial charge on any atom is 0.119 e. The molecule has 1 aromatic rings. The summed E-state index contributed by atoms with van der Waals surface area (Å²) in [4.78, 5) is 0. The van der Waals surface area contributed by atoms with Gasteiger partial charge in [-0.1, -0.05) is 19.9 Å². The lowest BCUT2D eigenvalue weighted by Gasteiger charge is -2.12. The number of ether oxygens (including phenoxy) is 1. The number of aryl methyl sites for hydroxylation is 1. The maximum absolute atomic E-state index is 8.41. The highest BCUT2D eigenvalue weighted by atomic mass is 16.5. The van der Waals surface area contributed by atoms with Crippen molar-refractivity contribution in [2.45, 2.75) is 46.0 Å². The monoisotopic (exact) mass is 231 g/mol. The Morgan fingerprint density at radius 2 is 2.06 bits per heavy atom. The smallest absolute Gasteiger partial charge is 0.119 e. The molecule has 0 N–H and O–H groups in total. The Balaban J connectivity index is 2.45. The van der Waals surface area contributed by atoms with Crippen LogP contribution in [0.4, 0.5) is 0 Å². The predicted molar refractivity (Wildman–Crippen MR) is 70.2 cm³/mol. The first-order chi connectivity index (χ1) is 8.15. The average molecular weight is 231 g/mol. The van der Waals surface area contributed by atoms with Gasteiger partial charge in [-0.2, -0.15) is 5.26 Å². The minimum atomic E-state index is 0.555. The first-order valence-corrected chi connectivity index (χ1v) is 6.25. The molecular weight excluding hydrogens is 210 g/mol. The lowest BCUT2D eigenvalue weighted by Crippen LogP contribution is -1.99. The van der Waals surface area contributed by atoms with E-state index in [2.05, 4.69) is 39.0 Å². The second-order valence-electron chi connectivity index (χ2n) is 4.64. The average Bonchev–Trinajstić information content (AvgIpc) is 2.28. The minimum absolute atomic E-state index is 0.555. The number of hydrogen-bond donors (Lipinski definition) is 0. The van der Waals surface area contributed by atoms with Gasteiger partial charge in [0.15, 0.2) is 0 Å². The van der Waals surface area contributed by atoms with Gasteiger partial charge in [0.05, 0.1) is 12.7 Å². The van der Waals surface area contributed by atoms with E-state index in [4.69, 9.17) is 10.00 Å². The molecule has 0 radical (unpaired) electrons. The third-order valence-corrected chi connectivity index (χ3v) is 2.81. The van der Waals surface area contributed by atoms with Gasteiger partial charge in [-0.3, -0.25) is 0 Å². The van der Waals surface area contributed by atoms with Crippen LogP contribution in [0.3, 0.4) is 0 Å². The number of unbranched alkanes of at least 4 members (excludes halogenated alkanes) is 2. The summed E-state index contributed by atoms with van der Waals surface area (Å²) >= 11 is 0. The first-order valence-electron chi connectivity index (χ1n) is 6.25. The number of rotatable bonds is 6. The summed E-state index contributed by atoms with van der Waals surface area (Å²) in [7, 11) is 0. The molecule has 2 nitrogen and oxygen atoms in total. The zero-order chi connectivity index (χ0) is 12.7. The van der Waals surface area contributed by atoms with Crippen molar-refractivity contribution in [3.63, 3.8) is 0 Å². The second kappa shape index (κ2) is 6.96. The molecule has 0 bridgehead atoms. The molecule has 0 spiro atoms. The molecule has 0 aliphatic heterocycles. The first kappa shape index (κ1) is 13.6. The predicted octanol–water partition coefficient (Wildman–Crippen LogP) is 4.19. The Labute approximate surface area is 104 Å². The van der Waals surface area contributed by atoms with Crippen LogP contribution >= 0.6 is 0 Å². The Morgan fingerprint density at radius 3 is 2.65 bits per heavy atom. The van der Waals surface area contributed by atoms with Crippen LogP contribution in [0.2, 0.25) is 0 Å². The van der Waals surface area contributed by atoms with Crippen molar-refractivity contribution < 1.29 is 4.74 Å². The van der Waals surface area contributed by atoms with Crippen molar-refractivity contribution in [1.29, 1.82) is 5.26 Å². The van der Waals surface area contributed by atoms with Crippen LogP contribution in [0.1, 0.15) is 50.2 Å². The third-order valence-electron chi connectivity index (χ3n) is 2.81. The highest BCUT2D eigenvalue weighted by molar-refractivity contribution is 5.36. The van der Waals surface area contributed by atoms with E-state index < -0.39 is 0 Å². The van der Waals surface area contributed by atoms with Crippen molar-refractivity contribution in [3.05, 3.63) is 29.3 Å². The number of benzene rings is 1. The van der Waals surface area contributed by atoms with Gasteiger partial charge in [0.2, 0.25) is 0 Å². The van der Waals surface area contributed by atoms with Crippen LogP contribution in [-0.2, 0) is 0 Å². The second-order valence-corrected chi connectivity index (χ2v) is 4.64. The Hall–Kier alpha value is -1.49. The topological polar surface area (TPSA) is 33.0 Å². The van der Waals surface area contributed by atoms with Crippen LogP contribution in [0, 0.1) is 18.3 Å². The van der Waals surface area contributed by atoms with Crippen LogP contribution in [-0.4, -0.2) is 6.61 Å². The summed E-state index contributed by atoms with van der Waals surface area (Å²) in [6, 6.07) is 8.41. The summed E-state index contributed by atoms with van der Waals surface area (Å²) in [6.45, 7) is 7.22. The van der Waals surface area contributed by atoms with Crippen LogP contribution in [0.5, 0.6) is 5.75 Å². The SMILES string of the molecule is Cc1cc(OCCCCC#N)ccc1C(C)C. The van der Waals surface area contributed by atoms with Gasteiger partial charge in [-0.25, -0.2) is 0 Å². The quantitative estimate of drug-likeness (QED) is 0.688. The number of nitriles is 1. The van der Waals surface area contributed by atoms with Crippen molar-refractivity contribution in [2.75, 3.05) is 6.61 Å². The molecule has 1 rings (SSSR count). The Morgan fingerprint density at radius 1 is 1.29 bits per heavy atom. The fourth-order valence-corrected chi connectivity index (χ4v) is 1.88. The third kappa shape index (κ3) is 4.48. The molecule has 0 saturated heterocycles. The lowest BCUT2D eigenvalue weighted by atomic mass is 9.98. The molecule has 2 heteroatoms. The molecule has 0 aliphatic rings. The minimum Gasteiger partial charge on any atom is -0.494 e. The van der Waals surface area contributed by atoms with Gasteiger partial charge >= 0.3 is 0 Å².